The molecule has 112 valence electrons. The molecule has 0 aliphatic rings. The number of nitrogens with one attached hydrogen (secondary N) is 1. The number of esters is 1. The van der Waals surface area contributed by atoms with Gasteiger partial charge in [-0.3, -0.25) is 5.43 Å². The molecule has 0 atom stereocenters. The second kappa shape index (κ2) is 7.33. The summed E-state index contributed by atoms with van der Waals surface area (Å²) in [5.41, 5.74) is 9.98. The van der Waals surface area contributed by atoms with Gasteiger partial charge < -0.3 is 10.5 Å². The van der Waals surface area contributed by atoms with Crippen LogP contribution in [-0.4, -0.2) is 17.3 Å². The van der Waals surface area contributed by atoms with Crippen LogP contribution in [0.3, 0.4) is 0 Å². The number of hydrogen-bond acceptors (Lipinski definition) is 4. The largest absolute Gasteiger partial charge is 0.423 e. The number of nitrogens with two attached hydrogens (primary N) is 1. The molecule has 2 rings (SSSR count). The summed E-state index contributed by atoms with van der Waals surface area (Å²) >= 11 is 4.64. The minimum absolute atomic E-state index is 0.0817. The zero-order valence-corrected chi connectivity index (χ0v) is 12.8. The average Bonchev–Trinajstić information content (AvgIpc) is 2.47. The summed E-state index contributed by atoms with van der Waals surface area (Å²) in [5, 5.41) is 3.93. The first-order chi connectivity index (χ1) is 10.5. The molecule has 22 heavy (non-hydrogen) atoms. The summed E-state index contributed by atoms with van der Waals surface area (Å²) in [6.07, 6.45) is 1.53. The normalized spacial score (nSPS) is 10.4. The van der Waals surface area contributed by atoms with Crippen LogP contribution >= 0.6 is 12.2 Å². The number of carbonyl (C=O) groups is 1. The molecule has 2 aromatic rings. The fraction of sp³-hybridized carbons (Fsp3) is 0.0625. The number of benzene rings is 2. The van der Waals surface area contributed by atoms with Crippen molar-refractivity contribution in [2.75, 3.05) is 0 Å². The third kappa shape index (κ3) is 4.68. The van der Waals surface area contributed by atoms with Crippen LogP contribution in [0.1, 0.15) is 21.5 Å². The highest BCUT2D eigenvalue weighted by molar-refractivity contribution is 7.80. The van der Waals surface area contributed by atoms with E-state index in [1.54, 1.807) is 30.3 Å². The first-order valence-corrected chi connectivity index (χ1v) is 6.93. The van der Waals surface area contributed by atoms with E-state index in [2.05, 4.69) is 22.7 Å². The topological polar surface area (TPSA) is 76.7 Å². The van der Waals surface area contributed by atoms with Crippen molar-refractivity contribution in [2.45, 2.75) is 6.92 Å². The van der Waals surface area contributed by atoms with Crippen LogP contribution in [0.25, 0.3) is 0 Å². The maximum atomic E-state index is 12.1. The fourth-order valence-electron chi connectivity index (χ4n) is 1.77. The highest BCUT2D eigenvalue weighted by Gasteiger charge is 2.08. The lowest BCUT2D eigenvalue weighted by Gasteiger charge is -2.05. The van der Waals surface area contributed by atoms with Crippen molar-refractivity contribution in [3.8, 4) is 5.75 Å². The van der Waals surface area contributed by atoms with E-state index >= 15 is 0 Å². The van der Waals surface area contributed by atoms with Gasteiger partial charge in [0.25, 0.3) is 0 Å². The molecule has 0 aromatic heterocycles. The van der Waals surface area contributed by atoms with E-state index in [1.807, 2.05) is 25.1 Å². The minimum atomic E-state index is -0.404. The standard InChI is InChI=1S/C16H15N3O2S/c1-11-4-2-6-13(8-11)15(20)21-14-7-3-5-12(9-14)10-18-19-16(17)22/h2-10H,1H3,(H3,17,19,22). The quantitative estimate of drug-likeness (QED) is 0.298. The van der Waals surface area contributed by atoms with Gasteiger partial charge in [-0.05, 0) is 49.0 Å². The molecule has 0 fully saturated rings. The van der Waals surface area contributed by atoms with Crippen molar-refractivity contribution in [3.05, 3.63) is 65.2 Å². The molecule has 0 heterocycles. The molecular formula is C16H15N3O2S. The number of thiocarbonyl (C=S) groups is 1. The molecule has 0 amide bonds. The molecule has 2 aromatic carbocycles. The SMILES string of the molecule is Cc1cccc(C(=O)Oc2cccc(C=NNC(N)=S)c2)c1. The molecule has 3 N–H and O–H groups in total. The van der Waals surface area contributed by atoms with Gasteiger partial charge in [0.05, 0.1) is 11.8 Å². The van der Waals surface area contributed by atoms with Gasteiger partial charge in [0, 0.05) is 0 Å². The van der Waals surface area contributed by atoms with E-state index in [9.17, 15) is 4.79 Å². The summed E-state index contributed by atoms with van der Waals surface area (Å²) in [6.45, 7) is 1.92. The Morgan fingerprint density at radius 3 is 2.77 bits per heavy atom. The summed E-state index contributed by atoms with van der Waals surface area (Å²) < 4.78 is 5.35. The van der Waals surface area contributed by atoms with Crippen LogP contribution in [-0.2, 0) is 0 Å². The molecule has 0 aliphatic carbocycles. The number of carbonyl (C=O) groups excluding carboxylic acids is 1. The molecule has 0 saturated carbocycles. The summed E-state index contributed by atoms with van der Waals surface area (Å²) in [7, 11) is 0. The van der Waals surface area contributed by atoms with Gasteiger partial charge in [-0.25, -0.2) is 4.79 Å². The van der Waals surface area contributed by atoms with Gasteiger partial charge in [-0.1, -0.05) is 29.8 Å². The Morgan fingerprint density at radius 2 is 2.05 bits per heavy atom. The molecule has 5 nitrogen and oxygen atoms in total. The molecule has 6 heteroatoms. The van der Waals surface area contributed by atoms with Crippen LogP contribution in [0.15, 0.2) is 53.6 Å². The van der Waals surface area contributed by atoms with E-state index in [-0.39, 0.29) is 5.11 Å². The second-order valence-electron chi connectivity index (χ2n) is 4.57. The number of hydrogen-bond donors (Lipinski definition) is 2. The first-order valence-electron chi connectivity index (χ1n) is 6.52. The predicted molar refractivity (Wildman–Crippen MR) is 90.1 cm³/mol. The molecule has 0 radical (unpaired) electrons. The number of nitrogens with zero attached hydrogens (tertiary/aromatic N) is 1. The number of aryl methyl sites for hydroxylation is 1. The van der Waals surface area contributed by atoms with Gasteiger partial charge in [-0.15, -0.1) is 0 Å². The van der Waals surface area contributed by atoms with E-state index in [0.29, 0.717) is 11.3 Å². The Labute approximate surface area is 133 Å². The van der Waals surface area contributed by atoms with E-state index in [0.717, 1.165) is 11.1 Å². The molecule has 0 bridgehead atoms. The lowest BCUT2D eigenvalue weighted by atomic mass is 10.1. The minimum Gasteiger partial charge on any atom is -0.423 e. The monoisotopic (exact) mass is 313 g/mol. The van der Waals surface area contributed by atoms with Crippen molar-refractivity contribution in [1.82, 2.24) is 5.43 Å². The molecule has 0 unspecified atom stereocenters. The van der Waals surface area contributed by atoms with Crippen molar-refractivity contribution >= 4 is 29.5 Å². The maximum Gasteiger partial charge on any atom is 0.343 e. The number of rotatable bonds is 4. The number of ether oxygens (including phenoxy) is 1. The molecule has 0 aliphatic heterocycles. The third-order valence-corrected chi connectivity index (χ3v) is 2.80. The van der Waals surface area contributed by atoms with Crippen LogP contribution in [0.5, 0.6) is 5.75 Å². The van der Waals surface area contributed by atoms with Crippen molar-refractivity contribution < 1.29 is 9.53 Å². The Morgan fingerprint density at radius 1 is 1.27 bits per heavy atom. The zero-order chi connectivity index (χ0) is 15.9. The van der Waals surface area contributed by atoms with Crippen LogP contribution in [0.4, 0.5) is 0 Å². The Bertz CT molecular complexity index is 729. The smallest absolute Gasteiger partial charge is 0.343 e. The van der Waals surface area contributed by atoms with Gasteiger partial charge in [0.15, 0.2) is 5.11 Å². The van der Waals surface area contributed by atoms with E-state index < -0.39 is 5.97 Å². The number of hydrazone groups is 1. The first kappa shape index (κ1) is 15.7. The second-order valence-corrected chi connectivity index (χ2v) is 5.01. The lowest BCUT2D eigenvalue weighted by molar-refractivity contribution is 0.0734. The lowest BCUT2D eigenvalue weighted by Crippen LogP contribution is -2.23. The van der Waals surface area contributed by atoms with Gasteiger partial charge in [0.1, 0.15) is 5.75 Å². The van der Waals surface area contributed by atoms with E-state index in [1.165, 1.54) is 6.21 Å². The zero-order valence-electron chi connectivity index (χ0n) is 11.9. The average molecular weight is 313 g/mol. The Hall–Kier alpha value is -2.73. The summed E-state index contributed by atoms with van der Waals surface area (Å²) in [5.74, 6) is 0.0323. The molecule has 0 saturated heterocycles. The maximum absolute atomic E-state index is 12.1. The molecule has 0 spiro atoms. The van der Waals surface area contributed by atoms with Gasteiger partial charge in [-0.2, -0.15) is 5.10 Å². The van der Waals surface area contributed by atoms with E-state index in [4.69, 9.17) is 10.5 Å². The summed E-state index contributed by atoms with van der Waals surface area (Å²) in [4.78, 5) is 12.1. The van der Waals surface area contributed by atoms with Crippen LogP contribution in [0.2, 0.25) is 0 Å². The highest BCUT2D eigenvalue weighted by atomic mass is 32.1. The third-order valence-electron chi connectivity index (χ3n) is 2.71. The highest BCUT2D eigenvalue weighted by Crippen LogP contribution is 2.15. The van der Waals surface area contributed by atoms with Gasteiger partial charge >= 0.3 is 5.97 Å². The van der Waals surface area contributed by atoms with Gasteiger partial charge in [0.2, 0.25) is 0 Å². The van der Waals surface area contributed by atoms with Crippen LogP contribution < -0.4 is 15.9 Å². The van der Waals surface area contributed by atoms with Crippen molar-refractivity contribution in [1.29, 1.82) is 0 Å². The predicted octanol–water partition coefficient (Wildman–Crippen LogP) is 2.38. The summed E-state index contributed by atoms with van der Waals surface area (Å²) in [6, 6.07) is 14.2. The van der Waals surface area contributed by atoms with Crippen molar-refractivity contribution in [3.63, 3.8) is 0 Å². The fourth-order valence-corrected chi connectivity index (χ4v) is 1.82. The van der Waals surface area contributed by atoms with Crippen molar-refractivity contribution in [2.24, 2.45) is 10.8 Å². The molecular weight excluding hydrogens is 298 g/mol. The van der Waals surface area contributed by atoms with Crippen LogP contribution in [0, 0.1) is 6.92 Å². The Kier molecular flexibility index (Phi) is 5.21. The Balaban J connectivity index is 2.08.